The molecule has 3 aromatic rings. The van der Waals surface area contributed by atoms with Gasteiger partial charge in [-0.25, -0.2) is 13.7 Å². The predicted octanol–water partition coefficient (Wildman–Crippen LogP) is 3.96. The summed E-state index contributed by atoms with van der Waals surface area (Å²) in [5.41, 5.74) is 0.996. The first-order chi connectivity index (χ1) is 16.8. The van der Waals surface area contributed by atoms with Gasteiger partial charge in [0.15, 0.2) is 11.5 Å². The summed E-state index contributed by atoms with van der Waals surface area (Å²) in [4.78, 5) is 42.0. The molecule has 0 radical (unpaired) electrons. The molecule has 4 rings (SSSR count). The van der Waals surface area contributed by atoms with Crippen LogP contribution in [0, 0.1) is 11.6 Å². The van der Waals surface area contributed by atoms with Crippen LogP contribution in [0.3, 0.4) is 0 Å². The average molecular weight is 480 g/mol. The van der Waals surface area contributed by atoms with Gasteiger partial charge in [-0.2, -0.15) is 0 Å². The molecule has 1 saturated heterocycles. The molecule has 1 aliphatic rings. The summed E-state index contributed by atoms with van der Waals surface area (Å²) in [5.74, 6) is -1.87. The fourth-order valence-corrected chi connectivity index (χ4v) is 3.97. The van der Waals surface area contributed by atoms with Gasteiger partial charge >= 0.3 is 0 Å². The molecule has 9 heteroatoms. The van der Waals surface area contributed by atoms with Crippen molar-refractivity contribution in [2.24, 2.45) is 0 Å². The highest BCUT2D eigenvalue weighted by Gasteiger charge is 2.44. The number of carbonyl (C=O) groups excluding carboxylic acids is 3. The number of hydrogen-bond acceptors (Lipinski definition) is 5. The van der Waals surface area contributed by atoms with Gasteiger partial charge in [-0.1, -0.05) is 12.1 Å². The number of amides is 3. The molecule has 0 aliphatic carbocycles. The van der Waals surface area contributed by atoms with E-state index in [-0.39, 0.29) is 24.2 Å². The standard InChI is InChI=1S/C26H22F2N2O5/c1-34-22-12-5-17(13-23(22)35-2)25(32)29(15-16-3-6-18(27)7-4-16)21-14-24(31)30(26(21)33)20-10-8-19(28)9-11-20/h3-13,21H,14-15H2,1-2H3. The third-order valence-corrected chi connectivity index (χ3v) is 5.74. The Kier molecular flexibility index (Phi) is 6.77. The SMILES string of the molecule is COc1ccc(C(=O)N(Cc2ccc(F)cc2)C2CC(=O)N(c3ccc(F)cc3)C2=O)cc1OC. The van der Waals surface area contributed by atoms with E-state index in [1.54, 1.807) is 6.07 Å². The highest BCUT2D eigenvalue weighted by molar-refractivity contribution is 6.23. The fraction of sp³-hybridized carbons (Fsp3) is 0.192. The topological polar surface area (TPSA) is 76.2 Å². The van der Waals surface area contributed by atoms with E-state index >= 15 is 0 Å². The van der Waals surface area contributed by atoms with Crippen LogP contribution < -0.4 is 14.4 Å². The molecular weight excluding hydrogens is 458 g/mol. The number of nitrogens with zero attached hydrogens (tertiary/aromatic N) is 2. The second-order valence-corrected chi connectivity index (χ2v) is 7.89. The molecule has 1 unspecified atom stereocenters. The lowest BCUT2D eigenvalue weighted by atomic mass is 10.1. The minimum atomic E-state index is -1.11. The Bertz CT molecular complexity index is 1260. The molecule has 1 atom stereocenters. The zero-order valence-electron chi connectivity index (χ0n) is 19.0. The van der Waals surface area contributed by atoms with E-state index in [9.17, 15) is 23.2 Å². The summed E-state index contributed by atoms with van der Waals surface area (Å²) in [7, 11) is 2.90. The zero-order valence-corrected chi connectivity index (χ0v) is 19.0. The van der Waals surface area contributed by atoms with Crippen molar-refractivity contribution >= 4 is 23.4 Å². The number of rotatable bonds is 7. The third kappa shape index (κ3) is 4.84. The van der Waals surface area contributed by atoms with Gasteiger partial charge in [0, 0.05) is 12.1 Å². The van der Waals surface area contributed by atoms with Gasteiger partial charge < -0.3 is 14.4 Å². The third-order valence-electron chi connectivity index (χ3n) is 5.74. The van der Waals surface area contributed by atoms with Gasteiger partial charge in [0.05, 0.1) is 26.3 Å². The Labute approximate surface area is 200 Å². The number of anilines is 1. The molecule has 3 aromatic carbocycles. The van der Waals surface area contributed by atoms with Gasteiger partial charge in [-0.3, -0.25) is 14.4 Å². The molecule has 0 spiro atoms. The van der Waals surface area contributed by atoms with Crippen LogP contribution in [-0.2, 0) is 16.1 Å². The molecule has 180 valence electrons. The van der Waals surface area contributed by atoms with Crippen molar-refractivity contribution in [2.45, 2.75) is 19.0 Å². The highest BCUT2D eigenvalue weighted by Crippen LogP contribution is 2.31. The number of benzene rings is 3. The maximum atomic E-state index is 13.6. The number of imide groups is 1. The van der Waals surface area contributed by atoms with Crippen molar-refractivity contribution in [3.05, 3.63) is 89.5 Å². The molecule has 7 nitrogen and oxygen atoms in total. The zero-order chi connectivity index (χ0) is 25.1. The van der Waals surface area contributed by atoms with Crippen LogP contribution in [0.4, 0.5) is 14.5 Å². The van der Waals surface area contributed by atoms with Crippen molar-refractivity contribution in [2.75, 3.05) is 19.1 Å². The van der Waals surface area contributed by atoms with Gasteiger partial charge in [0.1, 0.15) is 17.7 Å². The molecule has 1 heterocycles. The van der Waals surface area contributed by atoms with Crippen molar-refractivity contribution < 1.29 is 32.6 Å². The van der Waals surface area contributed by atoms with Crippen LogP contribution in [0.25, 0.3) is 0 Å². The molecular formula is C26H22F2N2O5. The van der Waals surface area contributed by atoms with E-state index in [1.165, 1.54) is 67.7 Å². The lowest BCUT2D eigenvalue weighted by Gasteiger charge is -2.28. The van der Waals surface area contributed by atoms with Crippen molar-refractivity contribution in [1.82, 2.24) is 4.90 Å². The summed E-state index contributed by atoms with van der Waals surface area (Å²) in [6, 6.07) is 13.9. The maximum absolute atomic E-state index is 13.6. The van der Waals surface area contributed by atoms with E-state index in [1.807, 2.05) is 0 Å². The van der Waals surface area contributed by atoms with Crippen LogP contribution in [0.2, 0.25) is 0 Å². The van der Waals surface area contributed by atoms with Crippen molar-refractivity contribution in [1.29, 1.82) is 0 Å². The molecule has 3 amide bonds. The Morgan fingerprint density at radius 2 is 1.51 bits per heavy atom. The summed E-state index contributed by atoms with van der Waals surface area (Å²) in [6.07, 6.45) is -0.254. The summed E-state index contributed by atoms with van der Waals surface area (Å²) in [6.45, 7) is -0.0472. The smallest absolute Gasteiger partial charge is 0.257 e. The molecule has 1 fully saturated rings. The summed E-state index contributed by atoms with van der Waals surface area (Å²) < 4.78 is 37.3. The Morgan fingerprint density at radius 3 is 2.11 bits per heavy atom. The molecule has 0 N–H and O–H groups in total. The second-order valence-electron chi connectivity index (χ2n) is 7.89. The van der Waals surface area contributed by atoms with Crippen LogP contribution >= 0.6 is 0 Å². The number of halogens is 2. The normalized spacial score (nSPS) is 15.3. The molecule has 0 bridgehead atoms. The van der Waals surface area contributed by atoms with E-state index in [0.29, 0.717) is 17.1 Å². The Morgan fingerprint density at radius 1 is 0.914 bits per heavy atom. The lowest BCUT2D eigenvalue weighted by molar-refractivity contribution is -0.122. The number of carbonyl (C=O) groups is 3. The molecule has 0 aromatic heterocycles. The fourth-order valence-electron chi connectivity index (χ4n) is 3.97. The van der Waals surface area contributed by atoms with Crippen molar-refractivity contribution in [3.63, 3.8) is 0 Å². The van der Waals surface area contributed by atoms with E-state index < -0.39 is 35.4 Å². The quantitative estimate of drug-likeness (QED) is 0.479. The van der Waals surface area contributed by atoms with E-state index in [4.69, 9.17) is 9.47 Å². The largest absolute Gasteiger partial charge is 0.493 e. The first-order valence-electron chi connectivity index (χ1n) is 10.7. The van der Waals surface area contributed by atoms with E-state index in [0.717, 1.165) is 17.0 Å². The molecule has 1 aliphatic heterocycles. The van der Waals surface area contributed by atoms with Gasteiger partial charge in [-0.05, 0) is 60.2 Å². The highest BCUT2D eigenvalue weighted by atomic mass is 19.1. The first-order valence-corrected chi connectivity index (χ1v) is 10.7. The monoisotopic (exact) mass is 480 g/mol. The van der Waals surface area contributed by atoms with E-state index in [2.05, 4.69) is 0 Å². The predicted molar refractivity (Wildman–Crippen MR) is 123 cm³/mol. The second kappa shape index (κ2) is 9.92. The minimum absolute atomic E-state index is 0.0472. The van der Waals surface area contributed by atoms with Gasteiger partial charge in [-0.15, -0.1) is 0 Å². The molecule has 0 saturated carbocycles. The lowest BCUT2D eigenvalue weighted by Crippen LogP contribution is -2.45. The Balaban J connectivity index is 1.71. The van der Waals surface area contributed by atoms with Crippen LogP contribution in [0.1, 0.15) is 22.3 Å². The van der Waals surface area contributed by atoms with Crippen molar-refractivity contribution in [3.8, 4) is 11.5 Å². The first kappa shape index (κ1) is 23.9. The van der Waals surface area contributed by atoms with Crippen LogP contribution in [0.15, 0.2) is 66.7 Å². The number of ether oxygens (including phenoxy) is 2. The Hall–Kier alpha value is -4.27. The van der Waals surface area contributed by atoms with Gasteiger partial charge in [0.25, 0.3) is 11.8 Å². The average Bonchev–Trinajstić information content (AvgIpc) is 3.16. The summed E-state index contributed by atoms with van der Waals surface area (Å²) >= 11 is 0. The number of methoxy groups -OCH3 is 2. The summed E-state index contributed by atoms with van der Waals surface area (Å²) in [5, 5.41) is 0. The molecule has 35 heavy (non-hydrogen) atoms. The van der Waals surface area contributed by atoms with Crippen LogP contribution in [0.5, 0.6) is 11.5 Å². The van der Waals surface area contributed by atoms with Crippen LogP contribution in [-0.4, -0.2) is 42.9 Å². The van der Waals surface area contributed by atoms with Gasteiger partial charge in [0.2, 0.25) is 5.91 Å². The minimum Gasteiger partial charge on any atom is -0.493 e. The number of hydrogen-bond donors (Lipinski definition) is 0. The maximum Gasteiger partial charge on any atom is 0.257 e.